The van der Waals surface area contributed by atoms with Crippen molar-refractivity contribution in [3.8, 4) is 44.9 Å². The molecule has 10 rings (SSSR count). The third-order valence-electron chi connectivity index (χ3n) is 9.79. The number of aromatic nitrogens is 3. The highest BCUT2D eigenvalue weighted by Crippen LogP contribution is 2.40. The zero-order valence-corrected chi connectivity index (χ0v) is 26.6. The van der Waals surface area contributed by atoms with Gasteiger partial charge in [0.15, 0.2) is 0 Å². The Kier molecular flexibility index (Phi) is 6.18. The van der Waals surface area contributed by atoms with Gasteiger partial charge < -0.3 is 4.40 Å². The zero-order chi connectivity index (χ0) is 32.3. The predicted octanol–water partition coefficient (Wildman–Crippen LogP) is 12.0. The molecule has 0 amide bonds. The van der Waals surface area contributed by atoms with Gasteiger partial charge in [0.25, 0.3) is 0 Å². The fraction of sp³-hybridized carbons (Fsp3) is 0. The Morgan fingerprint density at radius 1 is 0.347 bits per heavy atom. The van der Waals surface area contributed by atoms with Crippen LogP contribution in [-0.4, -0.2) is 14.4 Å². The molecule has 0 saturated heterocycles. The van der Waals surface area contributed by atoms with Gasteiger partial charge in [0.2, 0.25) is 0 Å². The van der Waals surface area contributed by atoms with Gasteiger partial charge >= 0.3 is 0 Å². The lowest BCUT2D eigenvalue weighted by molar-refractivity contribution is 1.19. The van der Waals surface area contributed by atoms with Crippen LogP contribution in [0.1, 0.15) is 0 Å². The molecule has 3 aromatic heterocycles. The van der Waals surface area contributed by atoms with E-state index >= 15 is 0 Å². The number of pyridine rings is 2. The second-order valence-corrected chi connectivity index (χ2v) is 12.7. The van der Waals surface area contributed by atoms with Crippen LogP contribution in [0.25, 0.3) is 93.6 Å². The molecule has 0 spiro atoms. The molecule has 0 aliphatic heterocycles. The van der Waals surface area contributed by atoms with Crippen molar-refractivity contribution in [2.24, 2.45) is 0 Å². The summed E-state index contributed by atoms with van der Waals surface area (Å²) in [7, 11) is 0. The Morgan fingerprint density at radius 2 is 0.857 bits per heavy atom. The molecule has 0 bridgehead atoms. The number of hydrogen-bond acceptors (Lipinski definition) is 2. The minimum Gasteiger partial charge on any atom is -0.306 e. The second-order valence-electron chi connectivity index (χ2n) is 12.7. The molecule has 0 radical (unpaired) electrons. The van der Waals surface area contributed by atoms with Crippen LogP contribution >= 0.6 is 0 Å². The highest BCUT2D eigenvalue weighted by molar-refractivity contribution is 6.15. The minimum absolute atomic E-state index is 0.934. The van der Waals surface area contributed by atoms with E-state index in [1.165, 1.54) is 48.7 Å². The lowest BCUT2D eigenvalue weighted by atomic mass is 9.90. The molecule has 228 valence electrons. The summed E-state index contributed by atoms with van der Waals surface area (Å²) in [6.07, 6.45) is 4.11. The number of imidazole rings is 1. The molecule has 3 nitrogen and oxygen atoms in total. The van der Waals surface area contributed by atoms with Gasteiger partial charge in [0, 0.05) is 29.1 Å². The zero-order valence-electron chi connectivity index (χ0n) is 26.6. The van der Waals surface area contributed by atoms with Crippen molar-refractivity contribution >= 4 is 48.7 Å². The summed E-state index contributed by atoms with van der Waals surface area (Å²) in [6, 6.07) is 58.7. The minimum atomic E-state index is 0.934. The first kappa shape index (κ1) is 27.5. The Bertz CT molecular complexity index is 2710. The van der Waals surface area contributed by atoms with Crippen molar-refractivity contribution in [1.29, 1.82) is 0 Å². The molecule has 0 aliphatic rings. The normalized spacial score (nSPS) is 11.7. The lowest BCUT2D eigenvalue weighted by Gasteiger charge is -2.16. The quantitative estimate of drug-likeness (QED) is 0.183. The summed E-state index contributed by atoms with van der Waals surface area (Å²) in [5.74, 6) is 0. The van der Waals surface area contributed by atoms with Crippen LogP contribution in [0.2, 0.25) is 0 Å². The predicted molar refractivity (Wildman–Crippen MR) is 205 cm³/mol. The first-order chi connectivity index (χ1) is 24.3. The molecule has 0 unspecified atom stereocenters. The molecule has 0 fully saturated rings. The van der Waals surface area contributed by atoms with Crippen molar-refractivity contribution in [1.82, 2.24) is 14.4 Å². The van der Waals surface area contributed by atoms with Crippen molar-refractivity contribution in [3.05, 3.63) is 176 Å². The van der Waals surface area contributed by atoms with E-state index in [9.17, 15) is 0 Å². The van der Waals surface area contributed by atoms with Gasteiger partial charge in [-0.15, -0.1) is 0 Å². The van der Waals surface area contributed by atoms with E-state index in [-0.39, 0.29) is 0 Å². The third kappa shape index (κ3) is 4.59. The third-order valence-corrected chi connectivity index (χ3v) is 9.79. The van der Waals surface area contributed by atoms with Crippen LogP contribution in [0.15, 0.2) is 176 Å². The standard InChI is InChI=1S/C46H29N3/c1-3-13-35-32(11-1)25-41(39-17-7-5-15-37(35)39)34-27-43(30-20-22-31(23-21-30)45-29-49-24-10-9-19-46(49)48-45)47-44(28-34)42-26-33-12-2-4-14-36(33)38-16-6-8-18-40(38)42/h1-29H. The van der Waals surface area contributed by atoms with Gasteiger partial charge in [-0.2, -0.15) is 0 Å². The summed E-state index contributed by atoms with van der Waals surface area (Å²) in [5.41, 5.74) is 9.38. The van der Waals surface area contributed by atoms with Gasteiger partial charge in [-0.3, -0.25) is 0 Å². The molecule has 10 aromatic rings. The molecule has 7 aromatic carbocycles. The smallest absolute Gasteiger partial charge is 0.137 e. The Hall–Kier alpha value is -6.58. The summed E-state index contributed by atoms with van der Waals surface area (Å²) in [5, 5.41) is 9.86. The topological polar surface area (TPSA) is 30.2 Å². The lowest BCUT2D eigenvalue weighted by Crippen LogP contribution is -1.94. The summed E-state index contributed by atoms with van der Waals surface area (Å²) < 4.78 is 2.06. The molecule has 0 N–H and O–H groups in total. The van der Waals surface area contributed by atoms with Crippen LogP contribution in [0.5, 0.6) is 0 Å². The molecule has 3 heterocycles. The summed E-state index contributed by atoms with van der Waals surface area (Å²) in [6.45, 7) is 0. The number of rotatable bonds is 4. The molecule has 0 saturated carbocycles. The Morgan fingerprint density at radius 3 is 1.51 bits per heavy atom. The molecule has 49 heavy (non-hydrogen) atoms. The average molecular weight is 624 g/mol. The molecule has 0 atom stereocenters. The van der Waals surface area contributed by atoms with Gasteiger partial charge in [-0.05, 0) is 90.6 Å². The van der Waals surface area contributed by atoms with E-state index in [1.807, 2.05) is 24.4 Å². The molecule has 3 heteroatoms. The van der Waals surface area contributed by atoms with E-state index in [2.05, 4.69) is 156 Å². The number of benzene rings is 7. The van der Waals surface area contributed by atoms with Crippen LogP contribution in [0, 0.1) is 0 Å². The van der Waals surface area contributed by atoms with Crippen LogP contribution in [0.4, 0.5) is 0 Å². The maximum atomic E-state index is 5.42. The van der Waals surface area contributed by atoms with E-state index in [4.69, 9.17) is 9.97 Å². The van der Waals surface area contributed by atoms with Crippen molar-refractivity contribution < 1.29 is 0 Å². The van der Waals surface area contributed by atoms with Gasteiger partial charge in [-0.1, -0.05) is 127 Å². The van der Waals surface area contributed by atoms with Gasteiger partial charge in [0.1, 0.15) is 5.65 Å². The average Bonchev–Trinajstić information content (AvgIpc) is 3.62. The number of nitrogens with zero attached hydrogens (tertiary/aromatic N) is 3. The number of fused-ring (bicyclic) bond motifs is 7. The second kappa shape index (κ2) is 11.0. The van der Waals surface area contributed by atoms with E-state index in [1.54, 1.807) is 0 Å². The van der Waals surface area contributed by atoms with Crippen LogP contribution in [-0.2, 0) is 0 Å². The van der Waals surface area contributed by atoms with Crippen LogP contribution in [0.3, 0.4) is 0 Å². The fourth-order valence-corrected chi connectivity index (χ4v) is 7.42. The van der Waals surface area contributed by atoms with Crippen molar-refractivity contribution in [3.63, 3.8) is 0 Å². The molecular formula is C46H29N3. The SMILES string of the molecule is c1ccc2c(c1)cc(-c1cc(-c3ccc(-c4cn5ccccc5n4)cc3)nc(-c3cc4ccccc4c4ccccc34)c1)c1ccccc12. The molecular weight excluding hydrogens is 595 g/mol. The number of hydrogen-bond donors (Lipinski definition) is 0. The first-order valence-electron chi connectivity index (χ1n) is 16.7. The monoisotopic (exact) mass is 623 g/mol. The van der Waals surface area contributed by atoms with Crippen molar-refractivity contribution in [2.45, 2.75) is 0 Å². The maximum Gasteiger partial charge on any atom is 0.137 e. The first-order valence-corrected chi connectivity index (χ1v) is 16.7. The van der Waals surface area contributed by atoms with Gasteiger partial charge in [-0.25, -0.2) is 9.97 Å². The molecule has 0 aliphatic carbocycles. The summed E-state index contributed by atoms with van der Waals surface area (Å²) in [4.78, 5) is 10.3. The van der Waals surface area contributed by atoms with E-state index in [0.717, 1.165) is 45.0 Å². The van der Waals surface area contributed by atoms with Gasteiger partial charge in [0.05, 0.1) is 17.1 Å². The summed E-state index contributed by atoms with van der Waals surface area (Å²) >= 11 is 0. The highest BCUT2D eigenvalue weighted by Gasteiger charge is 2.16. The van der Waals surface area contributed by atoms with E-state index < -0.39 is 0 Å². The Labute approximate surface area is 283 Å². The maximum absolute atomic E-state index is 5.42. The Balaban J connectivity index is 1.22. The highest BCUT2D eigenvalue weighted by atomic mass is 15.0. The van der Waals surface area contributed by atoms with Crippen molar-refractivity contribution in [2.75, 3.05) is 0 Å². The van der Waals surface area contributed by atoms with E-state index in [0.29, 0.717) is 0 Å². The largest absolute Gasteiger partial charge is 0.306 e. The fourth-order valence-electron chi connectivity index (χ4n) is 7.42. The van der Waals surface area contributed by atoms with Crippen LogP contribution < -0.4 is 0 Å².